The molecule has 2 aromatic rings. The number of Topliss-reactive ketones (excluding diaryl/α,β-unsaturated/α-hetero) is 1. The summed E-state index contributed by atoms with van der Waals surface area (Å²) in [5.74, 6) is -0.0591. The molecule has 0 radical (unpaired) electrons. The lowest BCUT2D eigenvalue weighted by atomic mass is 10.0. The van der Waals surface area contributed by atoms with E-state index in [2.05, 4.69) is 0 Å². The van der Waals surface area contributed by atoms with E-state index in [0.717, 1.165) is 11.1 Å². The first kappa shape index (κ1) is 11.9. The van der Waals surface area contributed by atoms with Crippen LogP contribution in [0.2, 0.25) is 0 Å². The van der Waals surface area contributed by atoms with Crippen molar-refractivity contribution in [1.82, 2.24) is 0 Å². The van der Waals surface area contributed by atoms with E-state index in [-0.39, 0.29) is 5.78 Å². The molecular weight excluding hydrogens is 232 g/mol. The molecule has 0 heterocycles. The Morgan fingerprint density at radius 3 is 2.18 bits per heavy atom. The highest BCUT2D eigenvalue weighted by molar-refractivity contribution is 6.33. The van der Waals surface area contributed by atoms with E-state index in [0.29, 0.717) is 5.56 Å². The van der Waals surface area contributed by atoms with Gasteiger partial charge in [-0.25, -0.2) is 0 Å². The summed E-state index contributed by atoms with van der Waals surface area (Å²) in [7, 11) is 0. The number of alkyl halides is 1. The van der Waals surface area contributed by atoms with Crippen LogP contribution in [0.5, 0.6) is 0 Å². The van der Waals surface area contributed by atoms with Gasteiger partial charge in [-0.05, 0) is 12.5 Å². The molecule has 0 fully saturated rings. The molecule has 86 valence electrons. The van der Waals surface area contributed by atoms with Gasteiger partial charge in [0.25, 0.3) is 0 Å². The number of halogens is 1. The summed E-state index contributed by atoms with van der Waals surface area (Å²) in [6.45, 7) is 2.01. The van der Waals surface area contributed by atoms with Crippen molar-refractivity contribution < 1.29 is 4.79 Å². The summed E-state index contributed by atoms with van der Waals surface area (Å²) >= 11 is 6.19. The highest BCUT2D eigenvalue weighted by atomic mass is 35.5. The van der Waals surface area contributed by atoms with Gasteiger partial charge in [0.1, 0.15) is 5.38 Å². The fourth-order valence-electron chi connectivity index (χ4n) is 1.64. The van der Waals surface area contributed by atoms with Crippen LogP contribution in [-0.2, 0) is 0 Å². The number of ketones is 1. The molecule has 0 spiro atoms. The van der Waals surface area contributed by atoms with Crippen molar-refractivity contribution in [2.45, 2.75) is 12.3 Å². The molecule has 0 aromatic heterocycles. The Balaban J connectivity index is 2.23. The average Bonchev–Trinajstić information content (AvgIpc) is 2.39. The quantitative estimate of drug-likeness (QED) is 0.585. The van der Waals surface area contributed by atoms with Crippen molar-refractivity contribution in [2.24, 2.45) is 0 Å². The molecule has 0 amide bonds. The zero-order valence-electron chi connectivity index (χ0n) is 9.56. The number of carbonyl (C=O) groups excluding carboxylic acids is 1. The molecule has 0 aliphatic rings. The van der Waals surface area contributed by atoms with Crippen LogP contribution in [0.25, 0.3) is 0 Å². The third kappa shape index (κ3) is 2.75. The van der Waals surface area contributed by atoms with Gasteiger partial charge in [-0.15, -0.1) is 11.6 Å². The van der Waals surface area contributed by atoms with Crippen molar-refractivity contribution in [1.29, 1.82) is 0 Å². The van der Waals surface area contributed by atoms with Gasteiger partial charge in [-0.2, -0.15) is 0 Å². The molecule has 1 unspecified atom stereocenters. The van der Waals surface area contributed by atoms with E-state index >= 15 is 0 Å². The standard InChI is InChI=1S/C15H13ClO/c1-11-7-9-12(10-8-11)14(16)15(17)13-5-3-2-4-6-13/h2-10,14H,1H3. The van der Waals surface area contributed by atoms with Gasteiger partial charge in [0.2, 0.25) is 0 Å². The fourth-order valence-corrected chi connectivity index (χ4v) is 1.91. The minimum absolute atomic E-state index is 0.0591. The SMILES string of the molecule is Cc1ccc(C(Cl)C(=O)c2ccccc2)cc1. The Morgan fingerprint density at radius 2 is 1.59 bits per heavy atom. The largest absolute Gasteiger partial charge is 0.292 e. The van der Waals surface area contributed by atoms with E-state index in [1.165, 1.54) is 0 Å². The molecule has 0 bridgehead atoms. The molecule has 0 saturated carbocycles. The molecule has 1 atom stereocenters. The second-order valence-corrected chi connectivity index (χ2v) is 4.44. The van der Waals surface area contributed by atoms with Crippen molar-refractivity contribution in [3.8, 4) is 0 Å². The molecule has 0 saturated heterocycles. The Kier molecular flexibility index (Phi) is 3.60. The summed E-state index contributed by atoms with van der Waals surface area (Å²) in [5.41, 5.74) is 2.64. The summed E-state index contributed by atoms with van der Waals surface area (Å²) in [5, 5.41) is -0.613. The van der Waals surface area contributed by atoms with Crippen LogP contribution in [0.4, 0.5) is 0 Å². The zero-order valence-corrected chi connectivity index (χ0v) is 10.3. The molecular formula is C15H13ClO. The third-order valence-corrected chi connectivity index (χ3v) is 3.11. The lowest BCUT2D eigenvalue weighted by Gasteiger charge is -2.09. The molecule has 2 aromatic carbocycles. The van der Waals surface area contributed by atoms with Crippen LogP contribution < -0.4 is 0 Å². The first-order chi connectivity index (χ1) is 8.18. The summed E-state index contributed by atoms with van der Waals surface area (Å²) < 4.78 is 0. The molecule has 0 aliphatic carbocycles. The monoisotopic (exact) mass is 244 g/mol. The van der Waals surface area contributed by atoms with Crippen LogP contribution in [0.3, 0.4) is 0 Å². The van der Waals surface area contributed by atoms with Gasteiger partial charge >= 0.3 is 0 Å². The van der Waals surface area contributed by atoms with Crippen LogP contribution >= 0.6 is 11.6 Å². The molecule has 0 N–H and O–H groups in total. The lowest BCUT2D eigenvalue weighted by molar-refractivity contribution is 0.0987. The predicted molar refractivity (Wildman–Crippen MR) is 70.5 cm³/mol. The second-order valence-electron chi connectivity index (χ2n) is 4.00. The van der Waals surface area contributed by atoms with Crippen LogP contribution in [-0.4, -0.2) is 5.78 Å². The Morgan fingerprint density at radius 1 is 1.00 bits per heavy atom. The molecule has 0 aliphatic heterocycles. The molecule has 17 heavy (non-hydrogen) atoms. The van der Waals surface area contributed by atoms with E-state index in [1.807, 2.05) is 49.4 Å². The zero-order chi connectivity index (χ0) is 12.3. The van der Waals surface area contributed by atoms with Crippen molar-refractivity contribution in [3.63, 3.8) is 0 Å². The van der Waals surface area contributed by atoms with Gasteiger partial charge in [0, 0.05) is 5.56 Å². The lowest BCUT2D eigenvalue weighted by Crippen LogP contribution is -2.07. The maximum atomic E-state index is 12.1. The first-order valence-electron chi connectivity index (χ1n) is 5.48. The highest BCUT2D eigenvalue weighted by Gasteiger charge is 2.18. The van der Waals surface area contributed by atoms with Gasteiger partial charge in [0.05, 0.1) is 0 Å². The Labute approximate surface area is 106 Å². The summed E-state index contributed by atoms with van der Waals surface area (Å²) in [6.07, 6.45) is 0. The number of carbonyl (C=O) groups is 1. The van der Waals surface area contributed by atoms with Gasteiger partial charge in [-0.1, -0.05) is 60.2 Å². The minimum atomic E-state index is -0.613. The van der Waals surface area contributed by atoms with E-state index in [4.69, 9.17) is 11.6 Å². The average molecular weight is 245 g/mol. The van der Waals surface area contributed by atoms with Gasteiger partial charge in [-0.3, -0.25) is 4.79 Å². The smallest absolute Gasteiger partial charge is 0.185 e. The third-order valence-electron chi connectivity index (χ3n) is 2.66. The molecule has 2 rings (SSSR count). The maximum Gasteiger partial charge on any atom is 0.185 e. The minimum Gasteiger partial charge on any atom is -0.292 e. The number of benzene rings is 2. The van der Waals surface area contributed by atoms with Crippen molar-refractivity contribution >= 4 is 17.4 Å². The van der Waals surface area contributed by atoms with Gasteiger partial charge in [0.15, 0.2) is 5.78 Å². The maximum absolute atomic E-state index is 12.1. The topological polar surface area (TPSA) is 17.1 Å². The normalized spacial score (nSPS) is 12.1. The number of hydrogen-bond acceptors (Lipinski definition) is 1. The Hall–Kier alpha value is -1.60. The molecule has 1 nitrogen and oxygen atoms in total. The number of aryl methyl sites for hydroxylation is 1. The highest BCUT2D eigenvalue weighted by Crippen LogP contribution is 2.25. The number of hydrogen-bond donors (Lipinski definition) is 0. The van der Waals surface area contributed by atoms with Crippen molar-refractivity contribution in [2.75, 3.05) is 0 Å². The Bertz CT molecular complexity index is 502. The summed E-state index contributed by atoms with van der Waals surface area (Å²) in [6, 6.07) is 16.8. The van der Waals surface area contributed by atoms with Crippen LogP contribution in [0.15, 0.2) is 54.6 Å². The summed E-state index contributed by atoms with van der Waals surface area (Å²) in [4.78, 5) is 12.1. The first-order valence-corrected chi connectivity index (χ1v) is 5.92. The second kappa shape index (κ2) is 5.15. The van der Waals surface area contributed by atoms with Gasteiger partial charge < -0.3 is 0 Å². The molecule has 2 heteroatoms. The van der Waals surface area contributed by atoms with Crippen LogP contribution in [0, 0.1) is 6.92 Å². The number of rotatable bonds is 3. The van der Waals surface area contributed by atoms with Crippen LogP contribution in [0.1, 0.15) is 26.9 Å². The van der Waals surface area contributed by atoms with E-state index < -0.39 is 5.38 Å². The predicted octanol–water partition coefficient (Wildman–Crippen LogP) is 4.16. The fraction of sp³-hybridized carbons (Fsp3) is 0.133. The van der Waals surface area contributed by atoms with E-state index in [9.17, 15) is 4.79 Å². The van der Waals surface area contributed by atoms with E-state index in [1.54, 1.807) is 12.1 Å². The van der Waals surface area contributed by atoms with Crippen molar-refractivity contribution in [3.05, 3.63) is 71.3 Å².